The van der Waals surface area contributed by atoms with E-state index in [0.29, 0.717) is 12.8 Å². The number of allylic oxidation sites excluding steroid dienone is 4. The summed E-state index contributed by atoms with van der Waals surface area (Å²) in [7, 11) is 0. The van der Waals surface area contributed by atoms with Crippen molar-refractivity contribution in [1.29, 1.82) is 0 Å². The van der Waals surface area contributed by atoms with Gasteiger partial charge in [-0.3, -0.25) is 4.79 Å². The van der Waals surface area contributed by atoms with Crippen molar-refractivity contribution in [2.75, 3.05) is 6.61 Å². The minimum Gasteiger partial charge on any atom is -0.394 e. The van der Waals surface area contributed by atoms with Gasteiger partial charge in [0.2, 0.25) is 5.91 Å². The van der Waals surface area contributed by atoms with Gasteiger partial charge >= 0.3 is 0 Å². The number of unbranched alkanes of at least 4 members (excludes halogenated alkanes) is 24. The molecule has 3 atom stereocenters. The van der Waals surface area contributed by atoms with E-state index in [-0.39, 0.29) is 6.61 Å². The second kappa shape index (κ2) is 36.7. The third kappa shape index (κ3) is 31.4. The molecule has 0 aliphatic rings. The van der Waals surface area contributed by atoms with Crippen LogP contribution in [0.1, 0.15) is 206 Å². The molecule has 3 unspecified atom stereocenters. The van der Waals surface area contributed by atoms with Gasteiger partial charge in [0.15, 0.2) is 0 Å². The number of rotatable bonds is 36. The van der Waals surface area contributed by atoms with Crippen molar-refractivity contribution in [3.63, 3.8) is 0 Å². The molecule has 0 saturated heterocycles. The zero-order valence-electron chi connectivity index (χ0n) is 30.7. The first-order valence-corrected chi connectivity index (χ1v) is 20.1. The molecule has 0 aromatic rings. The number of aliphatic hydroxyl groups is 3. The molecule has 0 heterocycles. The van der Waals surface area contributed by atoms with Crippen LogP contribution < -0.4 is 5.32 Å². The molecule has 1 amide bonds. The predicted octanol–water partition coefficient (Wildman–Crippen LogP) is 11.0. The lowest BCUT2D eigenvalue weighted by molar-refractivity contribution is -0.131. The maximum atomic E-state index is 12.4. The van der Waals surface area contributed by atoms with Crippen LogP contribution in [-0.2, 0) is 4.79 Å². The Morgan fingerprint density at radius 3 is 1.30 bits per heavy atom. The number of hydrogen-bond acceptors (Lipinski definition) is 4. The Labute approximate surface area is 286 Å². The lowest BCUT2D eigenvalue weighted by Crippen LogP contribution is -2.49. The molecule has 46 heavy (non-hydrogen) atoms. The van der Waals surface area contributed by atoms with Crippen LogP contribution in [0.4, 0.5) is 0 Å². The first-order chi connectivity index (χ1) is 22.6. The van der Waals surface area contributed by atoms with Gasteiger partial charge in [-0.15, -0.1) is 0 Å². The third-order valence-corrected chi connectivity index (χ3v) is 9.32. The van der Waals surface area contributed by atoms with Crippen LogP contribution in [-0.4, -0.2) is 46.1 Å². The molecule has 0 saturated carbocycles. The predicted molar refractivity (Wildman–Crippen MR) is 199 cm³/mol. The van der Waals surface area contributed by atoms with Gasteiger partial charge in [-0.1, -0.05) is 186 Å². The molecule has 0 aromatic carbocycles. The molecular formula is C41H79NO4. The maximum Gasteiger partial charge on any atom is 0.249 e. The summed E-state index contributed by atoms with van der Waals surface area (Å²) in [5, 5.41) is 33.1. The van der Waals surface area contributed by atoms with Gasteiger partial charge in [0, 0.05) is 0 Å². The van der Waals surface area contributed by atoms with E-state index in [9.17, 15) is 20.1 Å². The molecule has 4 N–H and O–H groups in total. The zero-order valence-corrected chi connectivity index (χ0v) is 30.7. The fourth-order valence-electron chi connectivity index (χ4n) is 6.10. The van der Waals surface area contributed by atoms with Crippen LogP contribution in [0.3, 0.4) is 0 Å². The number of nitrogens with one attached hydrogen (secondary N) is 1. The fourth-order valence-corrected chi connectivity index (χ4v) is 6.10. The molecular weight excluding hydrogens is 570 g/mol. The van der Waals surface area contributed by atoms with Gasteiger partial charge in [0.1, 0.15) is 6.10 Å². The Morgan fingerprint density at radius 1 is 0.522 bits per heavy atom. The first kappa shape index (κ1) is 44.8. The molecule has 0 aromatic heterocycles. The normalized spacial score (nSPS) is 13.9. The van der Waals surface area contributed by atoms with Crippen molar-refractivity contribution in [3.8, 4) is 0 Å². The van der Waals surface area contributed by atoms with Crippen molar-refractivity contribution in [2.24, 2.45) is 0 Å². The van der Waals surface area contributed by atoms with Gasteiger partial charge < -0.3 is 20.6 Å². The van der Waals surface area contributed by atoms with Crippen molar-refractivity contribution in [3.05, 3.63) is 24.3 Å². The second-order valence-corrected chi connectivity index (χ2v) is 13.8. The van der Waals surface area contributed by atoms with E-state index in [1.54, 1.807) is 0 Å². The van der Waals surface area contributed by atoms with Crippen LogP contribution in [0.5, 0.6) is 0 Å². The van der Waals surface area contributed by atoms with E-state index in [4.69, 9.17) is 0 Å². The van der Waals surface area contributed by atoms with Crippen molar-refractivity contribution in [2.45, 2.75) is 225 Å². The topological polar surface area (TPSA) is 89.8 Å². The average Bonchev–Trinajstić information content (AvgIpc) is 3.06. The zero-order chi connectivity index (χ0) is 33.8. The number of amides is 1. The Kier molecular flexibility index (Phi) is 35.7. The summed E-state index contributed by atoms with van der Waals surface area (Å²) in [5.41, 5.74) is 0. The van der Waals surface area contributed by atoms with Gasteiger partial charge in [-0.05, 0) is 44.9 Å². The van der Waals surface area contributed by atoms with Gasteiger partial charge in [-0.2, -0.15) is 0 Å². The SMILES string of the molecule is CCCCCCCCCCC/C=C\C/C=C\CCCCCCCCC(O)C(=O)NC(CO)C(O)CCCCCCCCCCCC. The second-order valence-electron chi connectivity index (χ2n) is 13.8. The van der Waals surface area contributed by atoms with Gasteiger partial charge in [0.25, 0.3) is 0 Å². The number of carbonyl (C=O) groups is 1. The number of aliphatic hydroxyl groups excluding tert-OH is 3. The minimum atomic E-state index is -1.08. The summed E-state index contributed by atoms with van der Waals surface area (Å²) >= 11 is 0. The first-order valence-electron chi connectivity index (χ1n) is 20.1. The molecule has 0 rings (SSSR count). The summed E-state index contributed by atoms with van der Waals surface area (Å²) in [4.78, 5) is 12.4. The van der Waals surface area contributed by atoms with Gasteiger partial charge in [-0.25, -0.2) is 0 Å². The van der Waals surface area contributed by atoms with Gasteiger partial charge in [0.05, 0.1) is 18.8 Å². The summed E-state index contributed by atoms with van der Waals surface area (Å²) < 4.78 is 0. The number of hydrogen-bond donors (Lipinski definition) is 4. The van der Waals surface area contributed by atoms with E-state index in [0.717, 1.165) is 44.9 Å². The third-order valence-electron chi connectivity index (χ3n) is 9.32. The van der Waals surface area contributed by atoms with Crippen molar-refractivity contribution < 1.29 is 20.1 Å². The fraction of sp³-hybridized carbons (Fsp3) is 0.878. The summed E-state index contributed by atoms with van der Waals surface area (Å²) in [6, 6.07) is -0.713. The highest BCUT2D eigenvalue weighted by molar-refractivity contribution is 5.80. The quantitative estimate of drug-likeness (QED) is 0.0401. The molecule has 5 nitrogen and oxygen atoms in total. The van der Waals surface area contributed by atoms with E-state index in [1.165, 1.54) is 135 Å². The highest BCUT2D eigenvalue weighted by Gasteiger charge is 2.23. The van der Waals surface area contributed by atoms with Crippen LogP contribution >= 0.6 is 0 Å². The molecule has 0 aliphatic carbocycles. The minimum absolute atomic E-state index is 0.317. The Bertz CT molecular complexity index is 679. The van der Waals surface area contributed by atoms with E-state index >= 15 is 0 Å². The Balaban J connectivity index is 3.65. The van der Waals surface area contributed by atoms with E-state index in [1.807, 2.05) is 0 Å². The largest absolute Gasteiger partial charge is 0.394 e. The van der Waals surface area contributed by atoms with E-state index in [2.05, 4.69) is 43.5 Å². The summed E-state index contributed by atoms with van der Waals surface area (Å²) in [5.74, 6) is -0.480. The Morgan fingerprint density at radius 2 is 0.891 bits per heavy atom. The van der Waals surface area contributed by atoms with Crippen LogP contribution in [0, 0.1) is 0 Å². The molecule has 0 spiro atoms. The van der Waals surface area contributed by atoms with Crippen LogP contribution in [0.2, 0.25) is 0 Å². The van der Waals surface area contributed by atoms with Crippen LogP contribution in [0.15, 0.2) is 24.3 Å². The Hall–Kier alpha value is -1.17. The molecule has 0 bridgehead atoms. The standard InChI is InChI=1S/C41H79NO4/c1-3-5-7-9-11-13-15-16-17-18-19-20-21-22-23-24-25-26-28-30-32-34-36-40(45)41(46)42-38(37-43)39(44)35-33-31-29-27-14-12-10-8-6-4-2/h19-20,22-23,38-40,43-45H,3-18,21,24-37H2,1-2H3,(H,42,46)/b20-19-,23-22-. The number of carbonyl (C=O) groups excluding carboxylic acids is 1. The average molecular weight is 650 g/mol. The monoisotopic (exact) mass is 650 g/mol. The summed E-state index contributed by atoms with van der Waals surface area (Å²) in [6.45, 7) is 4.20. The lowest BCUT2D eigenvalue weighted by Gasteiger charge is -2.23. The smallest absolute Gasteiger partial charge is 0.249 e. The molecule has 272 valence electrons. The highest BCUT2D eigenvalue weighted by atomic mass is 16.3. The highest BCUT2D eigenvalue weighted by Crippen LogP contribution is 2.15. The molecule has 5 heteroatoms. The maximum absolute atomic E-state index is 12.4. The van der Waals surface area contributed by atoms with Crippen molar-refractivity contribution >= 4 is 5.91 Å². The lowest BCUT2D eigenvalue weighted by atomic mass is 10.0. The van der Waals surface area contributed by atoms with Crippen LogP contribution in [0.25, 0.3) is 0 Å². The van der Waals surface area contributed by atoms with Crippen molar-refractivity contribution in [1.82, 2.24) is 5.32 Å². The molecule has 0 radical (unpaired) electrons. The van der Waals surface area contributed by atoms with E-state index < -0.39 is 24.2 Å². The summed E-state index contributed by atoms with van der Waals surface area (Å²) in [6.07, 6.45) is 43.1. The molecule has 0 fully saturated rings. The molecule has 0 aliphatic heterocycles.